The predicted octanol–water partition coefficient (Wildman–Crippen LogP) is 4.29. The van der Waals surface area contributed by atoms with Crippen LogP contribution in [-0.4, -0.2) is 73.5 Å². The van der Waals surface area contributed by atoms with Crippen LogP contribution in [0, 0.1) is 0 Å². The van der Waals surface area contributed by atoms with Crippen molar-refractivity contribution in [2.75, 3.05) is 13.2 Å². The molecule has 3 aromatic rings. The van der Waals surface area contributed by atoms with Gasteiger partial charge in [-0.05, 0) is 22.8 Å². The molecule has 0 bridgehead atoms. The molecule has 6 rings (SSSR count). The maximum atomic E-state index is 12.1. The Kier molecular flexibility index (Phi) is 10.2. The first kappa shape index (κ1) is 30.3. The van der Waals surface area contributed by atoms with E-state index in [-0.39, 0.29) is 13.2 Å². The Morgan fingerprint density at radius 1 is 0.682 bits per heavy atom. The minimum Gasteiger partial charge on any atom is -0.493 e. The molecular formula is C34H36O10. The van der Waals surface area contributed by atoms with E-state index < -0.39 is 55.2 Å². The van der Waals surface area contributed by atoms with Crippen LogP contribution in [0.1, 0.15) is 16.7 Å². The van der Waals surface area contributed by atoms with Crippen LogP contribution < -0.4 is 0 Å². The van der Waals surface area contributed by atoms with E-state index in [4.69, 9.17) is 37.9 Å². The Morgan fingerprint density at radius 3 is 1.84 bits per heavy atom. The van der Waals surface area contributed by atoms with Gasteiger partial charge in [-0.1, -0.05) is 91.0 Å². The molecule has 10 nitrogen and oxygen atoms in total. The quantitative estimate of drug-likeness (QED) is 0.284. The highest BCUT2D eigenvalue weighted by atomic mass is 16.8. The number of hydrogen-bond donors (Lipinski definition) is 1. The third-order valence-electron chi connectivity index (χ3n) is 7.65. The largest absolute Gasteiger partial charge is 0.509 e. The average molecular weight is 605 g/mol. The van der Waals surface area contributed by atoms with Gasteiger partial charge in [-0.2, -0.15) is 0 Å². The molecule has 0 spiro atoms. The van der Waals surface area contributed by atoms with Crippen LogP contribution in [0.25, 0.3) is 0 Å². The summed E-state index contributed by atoms with van der Waals surface area (Å²) in [6.45, 7) is 1.31. The number of ether oxygens (including phenoxy) is 8. The molecule has 1 N–H and O–H groups in total. The van der Waals surface area contributed by atoms with E-state index in [1.54, 1.807) is 12.3 Å². The summed E-state index contributed by atoms with van der Waals surface area (Å²) in [6.07, 6.45) is -4.55. The molecular weight excluding hydrogens is 568 g/mol. The van der Waals surface area contributed by atoms with Crippen molar-refractivity contribution < 1.29 is 47.8 Å². The minimum atomic E-state index is -1.33. The summed E-state index contributed by atoms with van der Waals surface area (Å²) in [5.41, 5.74) is 2.99. The van der Waals surface area contributed by atoms with E-state index in [0.29, 0.717) is 19.8 Å². The minimum absolute atomic E-state index is 0.0813. The van der Waals surface area contributed by atoms with Crippen LogP contribution in [-0.2, 0) is 57.7 Å². The normalized spacial score (nSPS) is 29.3. The van der Waals surface area contributed by atoms with E-state index in [1.165, 1.54) is 0 Å². The van der Waals surface area contributed by atoms with Crippen molar-refractivity contribution in [2.24, 2.45) is 0 Å². The topological polar surface area (TPSA) is 111 Å². The molecule has 2 saturated heterocycles. The van der Waals surface area contributed by atoms with Crippen molar-refractivity contribution in [3.8, 4) is 0 Å². The number of aliphatic hydroxyl groups excluding tert-OH is 1. The number of benzene rings is 3. The van der Waals surface area contributed by atoms with Gasteiger partial charge in [0, 0.05) is 0 Å². The predicted molar refractivity (Wildman–Crippen MR) is 156 cm³/mol. The van der Waals surface area contributed by atoms with Gasteiger partial charge in [0.15, 0.2) is 24.6 Å². The van der Waals surface area contributed by atoms with Gasteiger partial charge in [-0.15, -0.1) is 0 Å². The summed E-state index contributed by atoms with van der Waals surface area (Å²) in [7, 11) is 0. The molecule has 8 atom stereocenters. The molecule has 3 heterocycles. The molecule has 0 saturated carbocycles. The summed E-state index contributed by atoms with van der Waals surface area (Å²) >= 11 is 0. The average Bonchev–Trinajstić information content (AvgIpc) is 3.46. The van der Waals surface area contributed by atoms with Gasteiger partial charge in [0.2, 0.25) is 0 Å². The van der Waals surface area contributed by atoms with Gasteiger partial charge < -0.3 is 43.0 Å². The molecule has 232 valence electrons. The van der Waals surface area contributed by atoms with Gasteiger partial charge in [-0.25, -0.2) is 4.79 Å². The lowest BCUT2D eigenvalue weighted by Gasteiger charge is -2.42. The smallest absolute Gasteiger partial charge is 0.493 e. The molecule has 44 heavy (non-hydrogen) atoms. The number of fused-ring (bicyclic) bond motifs is 1. The Morgan fingerprint density at radius 2 is 1.23 bits per heavy atom. The standard InChI is InChI=1S/C34H36O10/c35-29-32-31(43-34(36)44-32)28(22-38-19-24-12-6-2-7-13-24)41-33(29)42-30-26(40-20-25-14-8-3-9-15-25)16-17-39-27(30)21-37-18-23-10-4-1-5-11-23/h1-17,26-33,35H,18-22H2/t26-,27-,28-,29-,30+,31+,32-,33+/m1/s1. The molecule has 2 fully saturated rings. The summed E-state index contributed by atoms with van der Waals surface area (Å²) < 4.78 is 47.5. The fraction of sp³-hybridized carbons (Fsp3) is 0.382. The van der Waals surface area contributed by atoms with Crippen LogP contribution in [0.3, 0.4) is 0 Å². The van der Waals surface area contributed by atoms with Crippen molar-refractivity contribution in [1.29, 1.82) is 0 Å². The Balaban J connectivity index is 1.16. The van der Waals surface area contributed by atoms with E-state index in [0.717, 1.165) is 16.7 Å². The van der Waals surface area contributed by atoms with Gasteiger partial charge in [0.05, 0.1) is 39.3 Å². The van der Waals surface area contributed by atoms with Crippen LogP contribution in [0.15, 0.2) is 103 Å². The Hall–Kier alpha value is -3.77. The molecule has 0 unspecified atom stereocenters. The highest BCUT2D eigenvalue weighted by molar-refractivity contribution is 5.63. The second kappa shape index (κ2) is 14.8. The fourth-order valence-corrected chi connectivity index (χ4v) is 5.40. The maximum absolute atomic E-state index is 12.1. The Labute approximate surface area is 256 Å². The van der Waals surface area contributed by atoms with Crippen molar-refractivity contribution in [1.82, 2.24) is 0 Å². The Bertz CT molecular complexity index is 1340. The third kappa shape index (κ3) is 7.65. The van der Waals surface area contributed by atoms with Crippen LogP contribution in [0.4, 0.5) is 4.79 Å². The summed E-state index contributed by atoms with van der Waals surface area (Å²) in [5, 5.41) is 11.2. The first-order valence-electron chi connectivity index (χ1n) is 14.7. The highest BCUT2D eigenvalue weighted by Gasteiger charge is 2.55. The second-order valence-electron chi connectivity index (χ2n) is 10.8. The zero-order valence-electron chi connectivity index (χ0n) is 24.1. The number of aliphatic hydroxyl groups is 1. The van der Waals surface area contributed by atoms with Crippen LogP contribution >= 0.6 is 0 Å². The van der Waals surface area contributed by atoms with E-state index in [9.17, 15) is 9.90 Å². The molecule has 3 aliphatic rings. The summed E-state index contributed by atoms with van der Waals surface area (Å²) in [6, 6.07) is 29.3. The van der Waals surface area contributed by atoms with Crippen LogP contribution in [0.2, 0.25) is 0 Å². The third-order valence-corrected chi connectivity index (χ3v) is 7.65. The molecule has 0 amide bonds. The SMILES string of the molecule is O=C1O[C@@H]2[C@@H](O)[C@H](O[C@H]3[C@H](OCc4ccccc4)C=CO[C@@H]3COCc3ccccc3)O[C@H](COCc3ccccc3)[C@@H]2O1. The molecule has 10 heteroatoms. The monoisotopic (exact) mass is 604 g/mol. The lowest BCUT2D eigenvalue weighted by Crippen LogP contribution is -2.60. The number of rotatable bonds is 13. The van der Waals surface area contributed by atoms with Crippen LogP contribution in [0.5, 0.6) is 0 Å². The molecule has 0 aliphatic carbocycles. The van der Waals surface area contributed by atoms with Crippen molar-refractivity contribution in [2.45, 2.75) is 68.8 Å². The molecule has 0 radical (unpaired) electrons. The summed E-state index contributed by atoms with van der Waals surface area (Å²) in [4.78, 5) is 12.1. The maximum Gasteiger partial charge on any atom is 0.509 e. The number of hydrogen-bond acceptors (Lipinski definition) is 10. The van der Waals surface area contributed by atoms with E-state index >= 15 is 0 Å². The van der Waals surface area contributed by atoms with Crippen molar-refractivity contribution >= 4 is 6.16 Å². The molecule has 3 aliphatic heterocycles. The van der Waals surface area contributed by atoms with Gasteiger partial charge >= 0.3 is 6.16 Å². The second-order valence-corrected chi connectivity index (χ2v) is 10.8. The number of carbonyl (C=O) groups excluding carboxylic acids is 1. The first-order chi connectivity index (χ1) is 21.6. The fourth-order valence-electron chi connectivity index (χ4n) is 5.40. The number of carbonyl (C=O) groups is 1. The lowest BCUT2D eigenvalue weighted by molar-refractivity contribution is -0.314. The van der Waals surface area contributed by atoms with Gasteiger partial charge in [0.25, 0.3) is 0 Å². The molecule has 0 aromatic heterocycles. The first-order valence-corrected chi connectivity index (χ1v) is 14.7. The van der Waals surface area contributed by atoms with E-state index in [2.05, 4.69) is 0 Å². The summed E-state index contributed by atoms with van der Waals surface area (Å²) in [5.74, 6) is 0. The van der Waals surface area contributed by atoms with Crippen molar-refractivity contribution in [3.63, 3.8) is 0 Å². The van der Waals surface area contributed by atoms with Gasteiger partial charge in [-0.3, -0.25) is 0 Å². The van der Waals surface area contributed by atoms with Gasteiger partial charge in [0.1, 0.15) is 24.4 Å². The molecule has 3 aromatic carbocycles. The van der Waals surface area contributed by atoms with E-state index in [1.807, 2.05) is 91.0 Å². The lowest BCUT2D eigenvalue weighted by atomic mass is 9.98. The zero-order valence-corrected chi connectivity index (χ0v) is 24.1. The zero-order chi connectivity index (χ0) is 30.1. The highest BCUT2D eigenvalue weighted by Crippen LogP contribution is 2.34. The van der Waals surface area contributed by atoms with Crippen molar-refractivity contribution in [3.05, 3.63) is 120 Å².